The van der Waals surface area contributed by atoms with Gasteiger partial charge in [-0.2, -0.15) is 0 Å². The van der Waals surface area contributed by atoms with E-state index in [1.807, 2.05) is 13.8 Å². The largest absolute Gasteiger partial charge is 0.481 e. The first kappa shape index (κ1) is 18.9. The number of hydrogen-bond acceptors (Lipinski definition) is 5. The van der Waals surface area contributed by atoms with E-state index in [0.29, 0.717) is 28.1 Å². The van der Waals surface area contributed by atoms with Gasteiger partial charge in [-0.3, -0.25) is 0 Å². The molecule has 0 spiro atoms. The number of benzene rings is 1. The van der Waals surface area contributed by atoms with Crippen molar-refractivity contribution in [3.8, 4) is 17.0 Å². The maximum absolute atomic E-state index is 14.2. The van der Waals surface area contributed by atoms with Crippen molar-refractivity contribution in [2.24, 2.45) is 0 Å². The molecule has 6 heteroatoms. The summed E-state index contributed by atoms with van der Waals surface area (Å²) in [5.74, 6) is -0.964. The van der Waals surface area contributed by atoms with Crippen LogP contribution >= 0.6 is 0 Å². The van der Waals surface area contributed by atoms with E-state index < -0.39 is 17.9 Å². The lowest BCUT2D eigenvalue weighted by Crippen LogP contribution is -2.18. The summed E-state index contributed by atoms with van der Waals surface area (Å²) in [6.07, 6.45) is 0.0152. The van der Waals surface area contributed by atoms with Crippen molar-refractivity contribution in [2.45, 2.75) is 32.8 Å². The first-order chi connectivity index (χ1) is 11.9. The second-order valence-corrected chi connectivity index (χ2v) is 5.85. The Labute approximate surface area is 146 Å². The number of aromatic nitrogens is 1. The van der Waals surface area contributed by atoms with Gasteiger partial charge in [0.25, 0.3) is 0 Å². The van der Waals surface area contributed by atoms with Crippen molar-refractivity contribution in [2.75, 3.05) is 13.7 Å². The maximum Gasteiger partial charge on any atom is 0.339 e. The van der Waals surface area contributed by atoms with Gasteiger partial charge >= 0.3 is 5.97 Å². The fourth-order valence-corrected chi connectivity index (χ4v) is 2.69. The van der Waals surface area contributed by atoms with Gasteiger partial charge in [0, 0.05) is 17.8 Å². The molecule has 0 amide bonds. The molecular weight excluding hydrogens is 325 g/mol. The number of hydrogen-bond donors (Lipinski definition) is 1. The first-order valence-electron chi connectivity index (χ1n) is 8.07. The number of halogens is 1. The Balaban J connectivity index is 2.70. The maximum atomic E-state index is 14.2. The molecule has 0 saturated carbocycles. The Morgan fingerprint density at radius 2 is 2.04 bits per heavy atom. The minimum Gasteiger partial charge on any atom is -0.481 e. The van der Waals surface area contributed by atoms with Crippen molar-refractivity contribution in [3.63, 3.8) is 0 Å². The van der Waals surface area contributed by atoms with E-state index in [0.717, 1.165) is 0 Å². The molecule has 2 rings (SSSR count). The van der Waals surface area contributed by atoms with Crippen LogP contribution in [0.4, 0.5) is 4.39 Å². The minimum atomic E-state index is -1.51. The second-order valence-electron chi connectivity index (χ2n) is 5.85. The third-order valence-corrected chi connectivity index (χ3v) is 3.84. The van der Waals surface area contributed by atoms with Crippen LogP contribution in [0, 0.1) is 5.82 Å². The predicted octanol–water partition coefficient (Wildman–Crippen LogP) is 3.62. The molecule has 0 aliphatic rings. The highest BCUT2D eigenvalue weighted by Gasteiger charge is 2.27. The molecule has 1 aromatic carbocycles. The van der Waals surface area contributed by atoms with E-state index in [1.165, 1.54) is 25.4 Å². The van der Waals surface area contributed by atoms with Crippen LogP contribution in [-0.4, -0.2) is 29.8 Å². The highest BCUT2D eigenvalue weighted by atomic mass is 19.1. The summed E-state index contributed by atoms with van der Waals surface area (Å²) >= 11 is 0. The molecule has 0 saturated heterocycles. The highest BCUT2D eigenvalue weighted by Crippen LogP contribution is 2.36. The molecule has 1 aromatic heterocycles. The van der Waals surface area contributed by atoms with Gasteiger partial charge in [0.2, 0.25) is 5.88 Å². The van der Waals surface area contributed by atoms with Crippen LogP contribution in [-0.2, 0) is 9.53 Å². The lowest BCUT2D eigenvalue weighted by molar-refractivity contribution is -0.153. The zero-order valence-electron chi connectivity index (χ0n) is 14.7. The van der Waals surface area contributed by atoms with E-state index in [9.17, 15) is 14.3 Å². The molecule has 0 radical (unpaired) electrons. The Hall–Kier alpha value is -2.47. The fraction of sp³-hybridized carbons (Fsp3) is 0.368. The summed E-state index contributed by atoms with van der Waals surface area (Å²) in [5, 5.41) is 10.6. The Morgan fingerprint density at radius 1 is 1.32 bits per heavy atom. The van der Waals surface area contributed by atoms with E-state index >= 15 is 0 Å². The quantitative estimate of drug-likeness (QED) is 0.809. The Kier molecular flexibility index (Phi) is 6.09. The molecule has 1 N–H and O–H groups in total. The van der Waals surface area contributed by atoms with Crippen molar-refractivity contribution in [1.29, 1.82) is 0 Å². The lowest BCUT2D eigenvalue weighted by Gasteiger charge is -2.21. The van der Waals surface area contributed by atoms with Crippen molar-refractivity contribution in [3.05, 3.63) is 47.4 Å². The highest BCUT2D eigenvalue weighted by molar-refractivity contribution is 5.82. The lowest BCUT2D eigenvalue weighted by atomic mass is 9.87. The molecule has 25 heavy (non-hydrogen) atoms. The average molecular weight is 347 g/mol. The third kappa shape index (κ3) is 4.14. The van der Waals surface area contributed by atoms with Gasteiger partial charge < -0.3 is 14.6 Å². The number of carbonyl (C=O) groups excluding carboxylic acids is 1. The molecule has 0 bridgehead atoms. The molecule has 134 valence electrons. The van der Waals surface area contributed by atoms with E-state index in [2.05, 4.69) is 4.98 Å². The van der Waals surface area contributed by atoms with Gasteiger partial charge in [-0.05, 0) is 47.7 Å². The summed E-state index contributed by atoms with van der Waals surface area (Å²) in [5.41, 5.74) is 1.88. The number of aliphatic hydroxyl groups is 1. The zero-order valence-corrected chi connectivity index (χ0v) is 14.7. The fourth-order valence-electron chi connectivity index (χ4n) is 2.69. The number of ether oxygens (including phenoxy) is 2. The minimum absolute atomic E-state index is 0.0998. The molecule has 2 aromatic rings. The summed E-state index contributed by atoms with van der Waals surface area (Å²) < 4.78 is 24.3. The van der Waals surface area contributed by atoms with Gasteiger partial charge in [-0.15, -0.1) is 0 Å². The summed E-state index contributed by atoms with van der Waals surface area (Å²) in [6, 6.07) is 5.92. The molecular formula is C19H22FNO4. The van der Waals surface area contributed by atoms with E-state index in [4.69, 9.17) is 9.47 Å². The molecule has 1 unspecified atom stereocenters. The number of carbonyl (C=O) groups is 1. The third-order valence-electron chi connectivity index (χ3n) is 3.84. The number of nitrogens with zero attached hydrogens (tertiary/aromatic N) is 1. The number of aliphatic hydroxyl groups excluding tert-OH is 1. The molecule has 0 aliphatic carbocycles. The number of pyridine rings is 1. The van der Waals surface area contributed by atoms with Gasteiger partial charge in [0.05, 0.1) is 13.7 Å². The van der Waals surface area contributed by atoms with Gasteiger partial charge in [0.1, 0.15) is 5.82 Å². The van der Waals surface area contributed by atoms with E-state index in [1.54, 1.807) is 19.1 Å². The molecule has 5 nitrogen and oxygen atoms in total. The van der Waals surface area contributed by atoms with Crippen LogP contribution in [0.15, 0.2) is 30.5 Å². The smallest absolute Gasteiger partial charge is 0.339 e. The molecule has 1 atom stereocenters. The summed E-state index contributed by atoms with van der Waals surface area (Å²) in [4.78, 5) is 16.1. The van der Waals surface area contributed by atoms with Crippen LogP contribution < -0.4 is 4.74 Å². The summed E-state index contributed by atoms with van der Waals surface area (Å²) in [7, 11) is 1.48. The zero-order chi connectivity index (χ0) is 18.6. The van der Waals surface area contributed by atoms with Crippen LogP contribution in [0.5, 0.6) is 5.88 Å². The Morgan fingerprint density at radius 3 is 2.64 bits per heavy atom. The monoisotopic (exact) mass is 347 g/mol. The normalized spacial score (nSPS) is 12.1. The van der Waals surface area contributed by atoms with Crippen LogP contribution in [0.3, 0.4) is 0 Å². The van der Waals surface area contributed by atoms with Crippen molar-refractivity contribution >= 4 is 5.97 Å². The van der Waals surface area contributed by atoms with Gasteiger partial charge in [-0.1, -0.05) is 13.8 Å². The predicted molar refractivity (Wildman–Crippen MR) is 91.9 cm³/mol. The van der Waals surface area contributed by atoms with Crippen LogP contribution in [0.1, 0.15) is 43.9 Å². The number of methoxy groups -OCH3 is 1. The SMILES string of the molecule is CCOC(=O)C(O)c1c(-c2ccnc(OC)c2)cc(F)cc1C(C)C. The molecule has 1 heterocycles. The van der Waals surface area contributed by atoms with Crippen molar-refractivity contribution < 1.29 is 23.8 Å². The topological polar surface area (TPSA) is 68.7 Å². The van der Waals surface area contributed by atoms with Crippen molar-refractivity contribution in [1.82, 2.24) is 4.98 Å². The van der Waals surface area contributed by atoms with Crippen LogP contribution in [0.25, 0.3) is 11.1 Å². The van der Waals surface area contributed by atoms with Gasteiger partial charge in [0.15, 0.2) is 6.10 Å². The van der Waals surface area contributed by atoms with E-state index in [-0.39, 0.29) is 12.5 Å². The molecule has 0 aliphatic heterocycles. The van der Waals surface area contributed by atoms with Crippen LogP contribution in [0.2, 0.25) is 0 Å². The summed E-state index contributed by atoms with van der Waals surface area (Å²) in [6.45, 7) is 5.54. The Bertz CT molecular complexity index is 761. The average Bonchev–Trinajstić information content (AvgIpc) is 2.60. The van der Waals surface area contributed by atoms with Gasteiger partial charge in [-0.25, -0.2) is 14.2 Å². The molecule has 0 fully saturated rings. The number of rotatable bonds is 6. The standard InChI is InChI=1S/C19H22FNO4/c1-5-25-19(23)18(22)17-14(11(2)3)9-13(20)10-15(17)12-6-7-21-16(8-12)24-4/h6-11,18,22H,5H2,1-4H3. The number of esters is 1. The second kappa shape index (κ2) is 8.07. The first-order valence-corrected chi connectivity index (χ1v) is 8.07.